The van der Waals surface area contributed by atoms with Gasteiger partial charge in [0.25, 0.3) is 0 Å². The lowest BCUT2D eigenvalue weighted by molar-refractivity contribution is -0.141. The van der Waals surface area contributed by atoms with Crippen molar-refractivity contribution in [3.05, 3.63) is 58.6 Å². The third-order valence-corrected chi connectivity index (χ3v) is 3.96. The minimum absolute atomic E-state index is 0. The molecule has 0 bridgehead atoms. The summed E-state index contributed by atoms with van der Waals surface area (Å²) in [6, 6.07) is 8.70. The second kappa shape index (κ2) is 9.11. The van der Waals surface area contributed by atoms with E-state index in [1.807, 2.05) is 6.07 Å². The van der Waals surface area contributed by atoms with E-state index in [1.165, 1.54) is 0 Å². The molecule has 0 saturated carbocycles. The summed E-state index contributed by atoms with van der Waals surface area (Å²) in [4.78, 5) is 6.89. The molecule has 3 rings (SSSR count). The Kier molecular flexibility index (Phi) is 7.09. The number of nitrogens with zero attached hydrogens (tertiary/aromatic N) is 4. The van der Waals surface area contributed by atoms with Crippen LogP contribution in [0.5, 0.6) is 5.88 Å². The van der Waals surface area contributed by atoms with Gasteiger partial charge in [-0.25, -0.2) is 14.6 Å². The molecule has 0 fully saturated rings. The van der Waals surface area contributed by atoms with Crippen LogP contribution in [0.15, 0.2) is 42.9 Å². The molecule has 0 saturated heterocycles. The van der Waals surface area contributed by atoms with Gasteiger partial charge in [0.15, 0.2) is 5.69 Å². The number of benzene rings is 1. The molecule has 1 aromatic carbocycles. The molecule has 0 aliphatic carbocycles. The van der Waals surface area contributed by atoms with Gasteiger partial charge in [0.2, 0.25) is 5.88 Å². The molecular weight excluding hydrogens is 418 g/mol. The highest BCUT2D eigenvalue weighted by molar-refractivity contribution is 6.33. The maximum atomic E-state index is 12.8. The molecule has 2 heterocycles. The second-order valence-electron chi connectivity index (χ2n) is 5.22. The predicted molar refractivity (Wildman–Crippen MR) is 101 cm³/mol. The van der Waals surface area contributed by atoms with Crippen molar-refractivity contribution >= 4 is 29.0 Å². The molecule has 0 spiro atoms. The van der Waals surface area contributed by atoms with Crippen molar-refractivity contribution in [2.24, 2.45) is 0 Å². The summed E-state index contributed by atoms with van der Waals surface area (Å²) in [6.07, 6.45) is -2.30. The van der Waals surface area contributed by atoms with Gasteiger partial charge >= 0.3 is 6.18 Å². The van der Waals surface area contributed by atoms with E-state index in [4.69, 9.17) is 27.9 Å². The van der Waals surface area contributed by atoms with Gasteiger partial charge in [-0.15, -0.1) is 0 Å². The summed E-state index contributed by atoms with van der Waals surface area (Å²) >= 11 is 11.7. The van der Waals surface area contributed by atoms with Crippen LogP contribution < -0.4 is 10.1 Å². The highest BCUT2D eigenvalue weighted by Gasteiger charge is 2.36. The zero-order valence-electron chi connectivity index (χ0n) is 13.5. The number of anilines is 1. The van der Waals surface area contributed by atoms with Gasteiger partial charge in [-0.05, 0) is 18.2 Å². The van der Waals surface area contributed by atoms with Gasteiger partial charge in [0.05, 0.1) is 18.4 Å². The van der Waals surface area contributed by atoms with Crippen molar-refractivity contribution in [3.63, 3.8) is 0 Å². The van der Waals surface area contributed by atoms with E-state index in [0.29, 0.717) is 16.6 Å². The Morgan fingerprint density at radius 3 is 2.64 bits per heavy atom. The number of hydrogen-bond acceptors (Lipinski definition) is 5. The largest absolute Gasteiger partial charge is 0.476 e. The molecule has 28 heavy (non-hydrogen) atoms. The highest BCUT2D eigenvalue weighted by atomic mass is 35.5. The van der Waals surface area contributed by atoms with E-state index in [2.05, 4.69) is 20.4 Å². The van der Waals surface area contributed by atoms with Crippen molar-refractivity contribution in [1.82, 2.24) is 19.7 Å². The summed E-state index contributed by atoms with van der Waals surface area (Å²) < 4.78 is 45.5. The number of hydrogen-bond donors (Lipinski definition) is 1. The fourth-order valence-corrected chi connectivity index (χ4v) is 2.67. The van der Waals surface area contributed by atoms with Crippen LogP contribution in [0.1, 0.15) is 13.1 Å². The van der Waals surface area contributed by atoms with Crippen LogP contribution in [-0.4, -0.2) is 32.9 Å². The summed E-state index contributed by atoms with van der Waals surface area (Å²) in [7, 11) is 0. The molecule has 11 heteroatoms. The van der Waals surface area contributed by atoms with E-state index in [1.54, 1.807) is 35.1 Å². The number of alkyl halides is 3. The van der Waals surface area contributed by atoms with Gasteiger partial charge < -0.3 is 10.1 Å². The molecular formula is C17H16Cl2F3N5O. The molecule has 0 radical (unpaired) electrons. The molecule has 1 N–H and O–H groups in total. The Bertz CT molecular complexity index is 933. The maximum absolute atomic E-state index is 12.8. The Morgan fingerprint density at radius 1 is 1.14 bits per heavy atom. The smallest absolute Gasteiger partial charge is 0.435 e. The van der Waals surface area contributed by atoms with Crippen LogP contribution in [0.25, 0.3) is 5.69 Å². The van der Waals surface area contributed by atoms with Crippen LogP contribution in [0.3, 0.4) is 0 Å². The Balaban J connectivity index is 0.00000280. The monoisotopic (exact) mass is 433 g/mol. The Hall–Kier alpha value is -2.52. The minimum Gasteiger partial charge on any atom is -0.476 e. The average molecular weight is 434 g/mol. The summed E-state index contributed by atoms with van der Waals surface area (Å²) in [5, 5.41) is 6.82. The van der Waals surface area contributed by atoms with Crippen LogP contribution in [0, 0.1) is 0 Å². The topological polar surface area (TPSA) is 64.9 Å². The second-order valence-corrected chi connectivity index (χ2v) is 6.03. The lowest BCUT2D eigenvalue weighted by Gasteiger charge is -2.13. The Labute approximate surface area is 169 Å². The van der Waals surface area contributed by atoms with Crippen LogP contribution in [-0.2, 0) is 6.18 Å². The van der Waals surface area contributed by atoms with Crippen molar-refractivity contribution in [3.8, 4) is 11.6 Å². The summed E-state index contributed by atoms with van der Waals surface area (Å²) in [5.74, 6) is 0.328. The van der Waals surface area contributed by atoms with E-state index < -0.39 is 16.9 Å². The lowest BCUT2D eigenvalue weighted by atomic mass is 10.3. The first kappa shape index (κ1) is 21.8. The van der Waals surface area contributed by atoms with E-state index >= 15 is 0 Å². The van der Waals surface area contributed by atoms with Crippen LogP contribution in [0.4, 0.5) is 19.0 Å². The number of ether oxygens (including phenoxy) is 1. The number of halogens is 5. The zero-order valence-corrected chi connectivity index (χ0v) is 15.1. The fourth-order valence-electron chi connectivity index (χ4n) is 2.22. The first-order valence-corrected chi connectivity index (χ1v) is 8.36. The van der Waals surface area contributed by atoms with Gasteiger partial charge in [0.1, 0.15) is 23.8 Å². The zero-order chi connectivity index (χ0) is 19.4. The maximum Gasteiger partial charge on any atom is 0.435 e. The van der Waals surface area contributed by atoms with Crippen molar-refractivity contribution in [2.45, 2.75) is 13.6 Å². The summed E-state index contributed by atoms with van der Waals surface area (Å²) in [6.45, 7) is 0.294. The standard InChI is InChI=1S/C16H12Cl2F3N5O.CH4/c17-10-2-1-3-11(8-10)26-12(4-5-25-26)27-7-6-22-15-13(18)14(16(19,20)21)23-9-24-15;/h1-5,8-9H,6-7H2,(H,22,23,24);1H4. The van der Waals surface area contributed by atoms with Crippen molar-refractivity contribution in [2.75, 3.05) is 18.5 Å². The van der Waals surface area contributed by atoms with Crippen LogP contribution in [0.2, 0.25) is 10.0 Å². The molecule has 3 aromatic rings. The molecule has 0 amide bonds. The van der Waals surface area contributed by atoms with Crippen LogP contribution >= 0.6 is 23.2 Å². The normalized spacial score (nSPS) is 11.0. The van der Waals surface area contributed by atoms with E-state index in [-0.39, 0.29) is 26.4 Å². The molecule has 6 nitrogen and oxygen atoms in total. The Morgan fingerprint density at radius 2 is 1.93 bits per heavy atom. The molecule has 2 aromatic heterocycles. The first-order chi connectivity index (χ1) is 12.9. The quantitative estimate of drug-likeness (QED) is 0.546. The molecule has 0 aliphatic rings. The highest BCUT2D eigenvalue weighted by Crippen LogP contribution is 2.35. The van der Waals surface area contributed by atoms with Crippen molar-refractivity contribution in [1.29, 1.82) is 0 Å². The molecule has 0 atom stereocenters. The SMILES string of the molecule is C.FC(F)(F)c1ncnc(NCCOc2ccnn2-c2cccc(Cl)c2)c1Cl. The van der Waals surface area contributed by atoms with Crippen molar-refractivity contribution < 1.29 is 17.9 Å². The van der Waals surface area contributed by atoms with Gasteiger partial charge in [-0.3, -0.25) is 0 Å². The van der Waals surface area contributed by atoms with Gasteiger partial charge in [-0.2, -0.15) is 18.3 Å². The number of nitrogens with one attached hydrogen (secondary N) is 1. The minimum atomic E-state index is -4.66. The molecule has 0 aliphatic heterocycles. The average Bonchev–Trinajstić information content (AvgIpc) is 3.07. The lowest BCUT2D eigenvalue weighted by Crippen LogP contribution is -2.16. The molecule has 150 valence electrons. The third kappa shape index (κ3) is 5.05. The molecule has 0 unspecified atom stereocenters. The summed E-state index contributed by atoms with van der Waals surface area (Å²) in [5.41, 5.74) is -0.481. The van der Waals surface area contributed by atoms with E-state index in [9.17, 15) is 13.2 Å². The van der Waals surface area contributed by atoms with Gasteiger partial charge in [-0.1, -0.05) is 36.7 Å². The fraction of sp³-hybridized carbons (Fsp3) is 0.235. The van der Waals surface area contributed by atoms with Gasteiger partial charge in [0, 0.05) is 11.1 Å². The number of aromatic nitrogens is 4. The number of rotatable bonds is 6. The van der Waals surface area contributed by atoms with E-state index in [0.717, 1.165) is 6.33 Å². The third-order valence-electron chi connectivity index (χ3n) is 3.36. The first-order valence-electron chi connectivity index (χ1n) is 7.60. The predicted octanol–water partition coefficient (Wildman–Crippen LogP) is 5.11.